The molecule has 0 unspecified atom stereocenters. The van der Waals surface area contributed by atoms with E-state index in [1.165, 1.54) is 12.5 Å². The standard InChI is InChI=1S/C19H23N5O3/c1-2-21-19(27)16-8-14(11-24(16)10-13-6-4-3-5-7-13)23-18(26)15-9-20-12-22-17(15)25/h3-7,9,12,14,16H,2,8,10-11H2,1H3,(H,21,27)(H,23,26)(H,20,22,25)/t14-,16-/m0/s1. The average Bonchev–Trinajstić information content (AvgIpc) is 3.05. The second-order valence-electron chi connectivity index (χ2n) is 6.53. The number of hydrogen-bond donors (Lipinski definition) is 3. The van der Waals surface area contributed by atoms with Crippen molar-refractivity contribution in [3.8, 4) is 0 Å². The van der Waals surface area contributed by atoms with Crippen LogP contribution in [0.15, 0.2) is 47.7 Å². The minimum Gasteiger partial charge on any atom is -0.355 e. The molecule has 1 aromatic carbocycles. The maximum absolute atomic E-state index is 12.5. The normalized spacial score (nSPS) is 19.6. The van der Waals surface area contributed by atoms with Crippen molar-refractivity contribution in [1.29, 1.82) is 0 Å². The Balaban J connectivity index is 1.72. The fraction of sp³-hybridized carbons (Fsp3) is 0.368. The topological polar surface area (TPSA) is 107 Å². The Hall–Kier alpha value is -3.00. The molecule has 142 valence electrons. The zero-order valence-electron chi connectivity index (χ0n) is 15.1. The lowest BCUT2D eigenvalue weighted by atomic mass is 10.1. The first-order chi connectivity index (χ1) is 13.1. The van der Waals surface area contributed by atoms with Crippen molar-refractivity contribution in [2.24, 2.45) is 0 Å². The van der Waals surface area contributed by atoms with Crippen LogP contribution in [-0.4, -0.2) is 51.9 Å². The molecule has 1 fully saturated rings. The van der Waals surface area contributed by atoms with Crippen molar-refractivity contribution < 1.29 is 9.59 Å². The van der Waals surface area contributed by atoms with Gasteiger partial charge in [0.1, 0.15) is 5.56 Å². The highest BCUT2D eigenvalue weighted by Gasteiger charge is 2.37. The Morgan fingerprint density at radius 3 is 2.78 bits per heavy atom. The first kappa shape index (κ1) is 18.8. The molecule has 8 heteroatoms. The Kier molecular flexibility index (Phi) is 5.97. The summed E-state index contributed by atoms with van der Waals surface area (Å²) in [6, 6.07) is 9.33. The second-order valence-corrected chi connectivity index (χ2v) is 6.53. The molecule has 0 bridgehead atoms. The van der Waals surface area contributed by atoms with Crippen LogP contribution in [0.25, 0.3) is 0 Å². The van der Waals surface area contributed by atoms with Gasteiger partial charge in [-0.05, 0) is 18.9 Å². The average molecular weight is 369 g/mol. The number of aromatic amines is 1. The molecule has 1 saturated heterocycles. The van der Waals surface area contributed by atoms with Gasteiger partial charge in [-0.25, -0.2) is 4.98 Å². The predicted octanol–water partition coefficient (Wildman–Crippen LogP) is 0.279. The van der Waals surface area contributed by atoms with Crippen LogP contribution in [0.1, 0.15) is 29.3 Å². The first-order valence-electron chi connectivity index (χ1n) is 8.97. The number of likely N-dealkylation sites (tertiary alicyclic amines) is 1. The number of carbonyl (C=O) groups is 2. The van der Waals surface area contributed by atoms with E-state index in [0.717, 1.165) is 5.56 Å². The van der Waals surface area contributed by atoms with E-state index in [0.29, 0.717) is 26.1 Å². The van der Waals surface area contributed by atoms with Crippen LogP contribution >= 0.6 is 0 Å². The lowest BCUT2D eigenvalue weighted by molar-refractivity contribution is -0.125. The summed E-state index contributed by atoms with van der Waals surface area (Å²) in [5.74, 6) is -0.532. The predicted molar refractivity (Wildman–Crippen MR) is 100 cm³/mol. The number of benzene rings is 1. The van der Waals surface area contributed by atoms with Gasteiger partial charge in [-0.15, -0.1) is 0 Å². The van der Waals surface area contributed by atoms with Crippen LogP contribution in [-0.2, 0) is 11.3 Å². The van der Waals surface area contributed by atoms with Crippen LogP contribution in [0, 0.1) is 0 Å². The molecule has 0 aliphatic carbocycles. The van der Waals surface area contributed by atoms with Gasteiger partial charge in [0, 0.05) is 31.9 Å². The summed E-state index contributed by atoms with van der Waals surface area (Å²) in [7, 11) is 0. The molecule has 2 heterocycles. The van der Waals surface area contributed by atoms with E-state index >= 15 is 0 Å². The third kappa shape index (κ3) is 4.59. The van der Waals surface area contributed by atoms with Crippen LogP contribution in [0.2, 0.25) is 0 Å². The molecule has 0 spiro atoms. The van der Waals surface area contributed by atoms with Gasteiger partial charge in [0.25, 0.3) is 11.5 Å². The number of H-pyrrole nitrogens is 1. The number of rotatable bonds is 6. The van der Waals surface area contributed by atoms with Crippen molar-refractivity contribution in [2.75, 3.05) is 13.1 Å². The lowest BCUT2D eigenvalue weighted by Gasteiger charge is -2.23. The van der Waals surface area contributed by atoms with Gasteiger partial charge in [0.15, 0.2) is 0 Å². The fourth-order valence-electron chi connectivity index (χ4n) is 3.33. The van der Waals surface area contributed by atoms with E-state index in [1.807, 2.05) is 37.3 Å². The van der Waals surface area contributed by atoms with Crippen molar-refractivity contribution in [2.45, 2.75) is 32.0 Å². The first-order valence-corrected chi connectivity index (χ1v) is 8.97. The molecule has 1 aliphatic rings. The van der Waals surface area contributed by atoms with Gasteiger partial charge in [0.05, 0.1) is 12.4 Å². The van der Waals surface area contributed by atoms with Gasteiger partial charge in [0.2, 0.25) is 5.91 Å². The third-order valence-electron chi connectivity index (χ3n) is 4.58. The molecule has 1 aromatic heterocycles. The minimum absolute atomic E-state index is 0.0337. The zero-order valence-corrected chi connectivity index (χ0v) is 15.1. The van der Waals surface area contributed by atoms with Crippen molar-refractivity contribution >= 4 is 11.8 Å². The van der Waals surface area contributed by atoms with E-state index in [9.17, 15) is 14.4 Å². The van der Waals surface area contributed by atoms with E-state index in [-0.39, 0.29) is 23.6 Å². The van der Waals surface area contributed by atoms with Gasteiger partial charge in [-0.1, -0.05) is 30.3 Å². The van der Waals surface area contributed by atoms with E-state index in [1.54, 1.807) is 0 Å². The largest absolute Gasteiger partial charge is 0.355 e. The SMILES string of the molecule is CCNC(=O)[C@@H]1C[C@H](NC(=O)c2cnc[nH]c2=O)CN1Cc1ccccc1. The smallest absolute Gasteiger partial charge is 0.263 e. The summed E-state index contributed by atoms with van der Waals surface area (Å²) in [6.45, 7) is 3.57. The maximum Gasteiger partial charge on any atom is 0.263 e. The minimum atomic E-state index is -0.484. The number of hydrogen-bond acceptors (Lipinski definition) is 5. The van der Waals surface area contributed by atoms with Gasteiger partial charge in [-0.2, -0.15) is 0 Å². The Morgan fingerprint density at radius 2 is 2.07 bits per heavy atom. The molecule has 2 amide bonds. The number of nitrogens with zero attached hydrogens (tertiary/aromatic N) is 2. The van der Waals surface area contributed by atoms with Crippen LogP contribution in [0.3, 0.4) is 0 Å². The summed E-state index contributed by atoms with van der Waals surface area (Å²) in [4.78, 5) is 44.9. The number of likely N-dealkylation sites (N-methyl/N-ethyl adjacent to an activating group) is 1. The van der Waals surface area contributed by atoms with Gasteiger partial charge >= 0.3 is 0 Å². The lowest BCUT2D eigenvalue weighted by Crippen LogP contribution is -2.42. The third-order valence-corrected chi connectivity index (χ3v) is 4.58. The maximum atomic E-state index is 12.5. The summed E-state index contributed by atoms with van der Waals surface area (Å²) in [5, 5.41) is 5.72. The highest BCUT2D eigenvalue weighted by molar-refractivity contribution is 5.93. The highest BCUT2D eigenvalue weighted by Crippen LogP contribution is 2.21. The zero-order chi connectivity index (χ0) is 19.2. The molecule has 8 nitrogen and oxygen atoms in total. The molecule has 2 atom stereocenters. The molecule has 1 aliphatic heterocycles. The Morgan fingerprint density at radius 1 is 1.30 bits per heavy atom. The van der Waals surface area contributed by atoms with Crippen molar-refractivity contribution in [3.63, 3.8) is 0 Å². The fourth-order valence-corrected chi connectivity index (χ4v) is 3.33. The monoisotopic (exact) mass is 369 g/mol. The quantitative estimate of drug-likeness (QED) is 0.678. The van der Waals surface area contributed by atoms with Gasteiger partial charge < -0.3 is 15.6 Å². The van der Waals surface area contributed by atoms with Crippen molar-refractivity contribution in [1.82, 2.24) is 25.5 Å². The summed E-state index contributed by atoms with van der Waals surface area (Å²) < 4.78 is 0. The molecule has 0 saturated carbocycles. The van der Waals surface area contributed by atoms with E-state index in [2.05, 4.69) is 25.5 Å². The van der Waals surface area contributed by atoms with Crippen LogP contribution < -0.4 is 16.2 Å². The summed E-state index contributed by atoms with van der Waals surface area (Å²) in [5.41, 5.74) is 0.581. The highest BCUT2D eigenvalue weighted by atomic mass is 16.2. The van der Waals surface area contributed by atoms with E-state index < -0.39 is 11.5 Å². The molecule has 3 rings (SSSR count). The second kappa shape index (κ2) is 8.59. The van der Waals surface area contributed by atoms with Crippen molar-refractivity contribution in [3.05, 3.63) is 64.3 Å². The van der Waals surface area contributed by atoms with Crippen LogP contribution in [0.5, 0.6) is 0 Å². The molecular weight excluding hydrogens is 346 g/mol. The van der Waals surface area contributed by atoms with E-state index in [4.69, 9.17) is 0 Å². The number of carbonyl (C=O) groups excluding carboxylic acids is 2. The Bertz CT molecular complexity index is 852. The molecule has 27 heavy (non-hydrogen) atoms. The summed E-state index contributed by atoms with van der Waals surface area (Å²) >= 11 is 0. The molecular formula is C19H23N5O3. The van der Waals surface area contributed by atoms with Crippen LogP contribution in [0.4, 0.5) is 0 Å². The van der Waals surface area contributed by atoms with Gasteiger partial charge in [-0.3, -0.25) is 19.3 Å². The molecule has 0 radical (unpaired) electrons. The number of amides is 2. The molecule has 2 aromatic rings. The summed E-state index contributed by atoms with van der Waals surface area (Å²) in [6.07, 6.45) is 2.97. The number of nitrogens with one attached hydrogen (secondary N) is 3. The Labute approximate surface area is 157 Å². The number of aromatic nitrogens is 2. The molecule has 3 N–H and O–H groups in total.